The van der Waals surface area contributed by atoms with Crippen LogP contribution in [0, 0.1) is 6.92 Å². The van der Waals surface area contributed by atoms with E-state index in [1.165, 1.54) is 6.07 Å². The fraction of sp³-hybridized carbons (Fsp3) is 0.278. The van der Waals surface area contributed by atoms with Crippen molar-refractivity contribution in [2.45, 2.75) is 24.0 Å². The fourth-order valence-electron chi connectivity index (χ4n) is 2.97. The monoisotopic (exact) mass is 496 g/mol. The number of carbonyl (C=O) groups is 1. The Bertz CT molecular complexity index is 1170. The first-order valence-electron chi connectivity index (χ1n) is 8.84. The standard InChI is InChI=1S/C18H17BrN4O4S2/c1-11-8-13(4-5-14(11)19)22-29(25,26)15-9-12(10-28-15)16-20-17(27-21-16)18(24)23-6-2-3-7-23/h4-5,8-10,22H,2-3,6-7H2,1H3. The summed E-state index contributed by atoms with van der Waals surface area (Å²) in [5.74, 6) is -0.192. The molecular weight excluding hydrogens is 480 g/mol. The molecule has 0 radical (unpaired) electrons. The van der Waals surface area contributed by atoms with Crippen molar-refractivity contribution < 1.29 is 17.7 Å². The predicted molar refractivity (Wildman–Crippen MR) is 112 cm³/mol. The van der Waals surface area contributed by atoms with Crippen LogP contribution >= 0.6 is 27.3 Å². The van der Waals surface area contributed by atoms with Crippen LogP contribution in [0.3, 0.4) is 0 Å². The van der Waals surface area contributed by atoms with E-state index < -0.39 is 10.0 Å². The molecule has 1 fully saturated rings. The quantitative estimate of drug-likeness (QED) is 0.573. The first kappa shape index (κ1) is 20.0. The van der Waals surface area contributed by atoms with Gasteiger partial charge in [0.25, 0.3) is 10.0 Å². The zero-order valence-electron chi connectivity index (χ0n) is 15.4. The molecule has 0 spiro atoms. The number of halogens is 1. The molecular formula is C18H17BrN4O4S2. The van der Waals surface area contributed by atoms with Crippen molar-refractivity contribution in [2.75, 3.05) is 17.8 Å². The van der Waals surface area contributed by atoms with E-state index in [0.29, 0.717) is 24.3 Å². The van der Waals surface area contributed by atoms with Gasteiger partial charge in [-0.25, -0.2) is 8.42 Å². The lowest BCUT2D eigenvalue weighted by Crippen LogP contribution is -2.27. The van der Waals surface area contributed by atoms with Gasteiger partial charge in [-0.3, -0.25) is 9.52 Å². The predicted octanol–water partition coefficient (Wildman–Crippen LogP) is 3.91. The van der Waals surface area contributed by atoms with E-state index in [2.05, 4.69) is 30.8 Å². The van der Waals surface area contributed by atoms with E-state index in [9.17, 15) is 13.2 Å². The summed E-state index contributed by atoms with van der Waals surface area (Å²) in [6.07, 6.45) is 1.92. The van der Waals surface area contributed by atoms with Crippen LogP contribution in [-0.4, -0.2) is 42.5 Å². The molecule has 1 N–H and O–H groups in total. The van der Waals surface area contributed by atoms with E-state index in [1.807, 2.05) is 6.92 Å². The van der Waals surface area contributed by atoms with Crippen LogP contribution < -0.4 is 4.72 Å². The number of likely N-dealkylation sites (tertiary alicyclic amines) is 1. The van der Waals surface area contributed by atoms with Crippen molar-refractivity contribution in [1.82, 2.24) is 15.0 Å². The van der Waals surface area contributed by atoms with Gasteiger partial charge in [0.2, 0.25) is 5.82 Å². The lowest BCUT2D eigenvalue weighted by molar-refractivity contribution is 0.0743. The summed E-state index contributed by atoms with van der Waals surface area (Å²) in [5.41, 5.74) is 1.87. The van der Waals surface area contributed by atoms with Gasteiger partial charge >= 0.3 is 11.8 Å². The maximum Gasteiger partial charge on any atom is 0.316 e. The number of anilines is 1. The zero-order valence-corrected chi connectivity index (χ0v) is 18.6. The molecule has 1 aliphatic heterocycles. The van der Waals surface area contributed by atoms with Crippen molar-refractivity contribution in [2.24, 2.45) is 0 Å². The number of aryl methyl sites for hydroxylation is 1. The SMILES string of the molecule is Cc1cc(NS(=O)(=O)c2cc(-c3noc(C(=O)N4CCCC4)n3)cs2)ccc1Br. The van der Waals surface area contributed by atoms with Gasteiger partial charge in [-0.1, -0.05) is 21.1 Å². The van der Waals surface area contributed by atoms with Crippen molar-refractivity contribution in [3.8, 4) is 11.4 Å². The molecule has 0 atom stereocenters. The van der Waals surface area contributed by atoms with Gasteiger partial charge < -0.3 is 9.42 Å². The maximum absolute atomic E-state index is 12.7. The van der Waals surface area contributed by atoms with Crippen molar-refractivity contribution in [3.63, 3.8) is 0 Å². The van der Waals surface area contributed by atoms with Gasteiger partial charge in [0.1, 0.15) is 4.21 Å². The average Bonchev–Trinajstić information content (AvgIpc) is 3.44. The Kier molecular flexibility index (Phi) is 5.45. The molecule has 1 saturated heterocycles. The molecule has 0 aliphatic carbocycles. The minimum Gasteiger partial charge on any atom is -0.334 e. The summed E-state index contributed by atoms with van der Waals surface area (Å²) in [6, 6.07) is 6.67. The highest BCUT2D eigenvalue weighted by atomic mass is 79.9. The van der Waals surface area contributed by atoms with Crippen LogP contribution in [-0.2, 0) is 10.0 Å². The Morgan fingerprint density at radius 1 is 1.28 bits per heavy atom. The van der Waals surface area contributed by atoms with E-state index in [-0.39, 0.29) is 21.8 Å². The summed E-state index contributed by atoms with van der Waals surface area (Å²) >= 11 is 4.44. The summed E-state index contributed by atoms with van der Waals surface area (Å²) < 4.78 is 34.1. The lowest BCUT2D eigenvalue weighted by atomic mass is 10.2. The summed E-state index contributed by atoms with van der Waals surface area (Å²) in [5, 5.41) is 5.45. The van der Waals surface area contributed by atoms with Crippen LogP contribution in [0.5, 0.6) is 0 Å². The van der Waals surface area contributed by atoms with Crippen molar-refractivity contribution in [1.29, 1.82) is 0 Å². The number of nitrogens with one attached hydrogen (secondary N) is 1. The molecule has 1 amide bonds. The Morgan fingerprint density at radius 2 is 2.03 bits per heavy atom. The summed E-state index contributed by atoms with van der Waals surface area (Å²) in [6.45, 7) is 3.24. The van der Waals surface area contributed by atoms with E-state index in [0.717, 1.165) is 34.2 Å². The molecule has 4 rings (SSSR count). The molecule has 1 aromatic carbocycles. The average molecular weight is 497 g/mol. The van der Waals surface area contributed by atoms with Crippen LogP contribution in [0.4, 0.5) is 5.69 Å². The topological polar surface area (TPSA) is 105 Å². The van der Waals surface area contributed by atoms with Crippen molar-refractivity contribution in [3.05, 3.63) is 45.6 Å². The van der Waals surface area contributed by atoms with E-state index >= 15 is 0 Å². The number of thiophene rings is 1. The second kappa shape index (κ2) is 7.88. The molecule has 152 valence electrons. The number of sulfonamides is 1. The molecule has 29 heavy (non-hydrogen) atoms. The molecule has 8 nitrogen and oxygen atoms in total. The first-order chi connectivity index (χ1) is 13.8. The molecule has 2 aromatic heterocycles. The third-order valence-corrected chi connectivity index (χ3v) is 8.22. The number of nitrogens with zero attached hydrogens (tertiary/aromatic N) is 3. The highest BCUT2D eigenvalue weighted by Gasteiger charge is 2.26. The number of hydrogen-bond donors (Lipinski definition) is 1. The number of benzene rings is 1. The highest BCUT2D eigenvalue weighted by Crippen LogP contribution is 2.29. The highest BCUT2D eigenvalue weighted by molar-refractivity contribution is 9.10. The molecule has 3 aromatic rings. The van der Waals surface area contributed by atoms with Crippen LogP contribution in [0.15, 0.2) is 42.9 Å². The number of amides is 1. The van der Waals surface area contributed by atoms with Crippen LogP contribution in [0.1, 0.15) is 29.1 Å². The molecule has 1 aliphatic rings. The molecule has 0 unspecified atom stereocenters. The second-order valence-electron chi connectivity index (χ2n) is 6.65. The van der Waals surface area contributed by atoms with Gasteiger partial charge in [-0.2, -0.15) is 4.98 Å². The van der Waals surface area contributed by atoms with E-state index in [1.54, 1.807) is 28.5 Å². The summed E-state index contributed by atoms with van der Waals surface area (Å²) in [7, 11) is -3.76. The van der Waals surface area contributed by atoms with Gasteiger partial charge in [0.15, 0.2) is 0 Å². The molecule has 3 heterocycles. The van der Waals surface area contributed by atoms with Crippen LogP contribution in [0.2, 0.25) is 0 Å². The number of rotatable bonds is 5. The summed E-state index contributed by atoms with van der Waals surface area (Å²) in [4.78, 5) is 18.1. The minimum atomic E-state index is -3.76. The Hall–Kier alpha value is -2.24. The van der Waals surface area contributed by atoms with Gasteiger partial charge in [0.05, 0.1) is 0 Å². The largest absolute Gasteiger partial charge is 0.334 e. The van der Waals surface area contributed by atoms with E-state index in [4.69, 9.17) is 4.52 Å². The smallest absolute Gasteiger partial charge is 0.316 e. The zero-order chi connectivity index (χ0) is 20.6. The second-order valence-corrected chi connectivity index (χ2v) is 10.3. The molecule has 0 saturated carbocycles. The molecule has 0 bridgehead atoms. The first-order valence-corrected chi connectivity index (χ1v) is 12.0. The lowest BCUT2D eigenvalue weighted by Gasteiger charge is -2.10. The van der Waals surface area contributed by atoms with Gasteiger partial charge in [-0.05, 0) is 49.6 Å². The van der Waals surface area contributed by atoms with Crippen LogP contribution in [0.25, 0.3) is 11.4 Å². The third kappa shape index (κ3) is 4.21. The third-order valence-electron chi connectivity index (χ3n) is 4.51. The number of carbonyl (C=O) groups excluding carboxylic acids is 1. The normalized spacial score (nSPS) is 14.3. The fourth-order valence-corrected chi connectivity index (χ4v) is 5.43. The Morgan fingerprint density at radius 3 is 2.76 bits per heavy atom. The molecule has 11 heteroatoms. The van der Waals surface area contributed by atoms with Gasteiger partial charge in [-0.15, -0.1) is 11.3 Å². The number of aromatic nitrogens is 2. The minimum absolute atomic E-state index is 0.0824. The Labute approximate surface area is 180 Å². The van der Waals surface area contributed by atoms with Crippen molar-refractivity contribution >= 4 is 48.9 Å². The maximum atomic E-state index is 12.7. The Balaban J connectivity index is 1.53. The number of hydrogen-bond acceptors (Lipinski definition) is 7. The van der Waals surface area contributed by atoms with Gasteiger partial charge in [0, 0.05) is 34.2 Å².